The molecule has 2 N–H and O–H groups in total. The van der Waals surface area contributed by atoms with Crippen LogP contribution in [0.25, 0.3) is 0 Å². The van der Waals surface area contributed by atoms with Gasteiger partial charge in [0.1, 0.15) is 5.01 Å². The van der Waals surface area contributed by atoms with E-state index in [1.807, 2.05) is 37.3 Å². The minimum atomic E-state index is -0.185. The van der Waals surface area contributed by atoms with Crippen LogP contribution in [0.2, 0.25) is 0 Å². The molecule has 0 spiro atoms. The van der Waals surface area contributed by atoms with Crippen LogP contribution in [0.4, 0.5) is 22.7 Å². The Labute approximate surface area is 187 Å². The molecule has 1 aliphatic rings. The van der Waals surface area contributed by atoms with Crippen molar-refractivity contribution in [1.82, 2.24) is 25.1 Å². The highest BCUT2D eigenvalue weighted by Crippen LogP contribution is 2.22. The summed E-state index contributed by atoms with van der Waals surface area (Å²) in [6.07, 6.45) is 0.786. The van der Waals surface area contributed by atoms with Gasteiger partial charge in [-0.2, -0.15) is 15.0 Å². The van der Waals surface area contributed by atoms with Crippen LogP contribution in [0.1, 0.15) is 11.9 Å². The molecule has 0 saturated carbocycles. The van der Waals surface area contributed by atoms with Gasteiger partial charge in [-0.3, -0.25) is 10.1 Å². The van der Waals surface area contributed by atoms with E-state index >= 15 is 0 Å². The van der Waals surface area contributed by atoms with Gasteiger partial charge in [0.2, 0.25) is 22.9 Å². The number of amides is 1. The van der Waals surface area contributed by atoms with Crippen molar-refractivity contribution >= 4 is 51.7 Å². The Hall–Kier alpha value is -2.83. The maximum atomic E-state index is 12.3. The third-order valence-corrected chi connectivity index (χ3v) is 6.11. The van der Waals surface area contributed by atoms with Gasteiger partial charge in [-0.1, -0.05) is 48.2 Å². The lowest BCUT2D eigenvalue weighted by molar-refractivity contribution is -0.113. The lowest BCUT2D eigenvalue weighted by atomic mass is 10.3. The summed E-state index contributed by atoms with van der Waals surface area (Å²) in [6, 6.07) is 9.68. The number of aromatic nitrogens is 5. The van der Waals surface area contributed by atoms with Gasteiger partial charge in [0.25, 0.3) is 0 Å². The van der Waals surface area contributed by atoms with Gasteiger partial charge in [-0.15, -0.1) is 10.2 Å². The topological polar surface area (TPSA) is 118 Å². The second-order valence-electron chi connectivity index (χ2n) is 6.52. The molecule has 10 nitrogen and oxygen atoms in total. The number of aryl methyl sites for hydroxylation is 1. The number of para-hydroxylation sites is 1. The summed E-state index contributed by atoms with van der Waals surface area (Å²) >= 11 is 2.62. The smallest absolute Gasteiger partial charge is 0.236 e. The number of morpholine rings is 1. The van der Waals surface area contributed by atoms with Crippen LogP contribution in [0.3, 0.4) is 0 Å². The Morgan fingerprint density at radius 2 is 1.97 bits per heavy atom. The molecular formula is C19H22N8O2S2. The van der Waals surface area contributed by atoms with Crippen LogP contribution in [0.15, 0.2) is 35.5 Å². The lowest BCUT2D eigenvalue weighted by Gasteiger charge is -2.27. The number of anilines is 4. The van der Waals surface area contributed by atoms with E-state index in [0.29, 0.717) is 48.5 Å². The van der Waals surface area contributed by atoms with Crippen LogP contribution in [0, 0.1) is 0 Å². The first-order chi connectivity index (χ1) is 15.2. The first-order valence-corrected chi connectivity index (χ1v) is 11.7. The predicted molar refractivity (Wildman–Crippen MR) is 121 cm³/mol. The minimum absolute atomic E-state index is 0.151. The Morgan fingerprint density at radius 1 is 1.16 bits per heavy atom. The largest absolute Gasteiger partial charge is 0.378 e. The van der Waals surface area contributed by atoms with Gasteiger partial charge in [-0.05, 0) is 18.6 Å². The average molecular weight is 459 g/mol. The third kappa shape index (κ3) is 6.09. The van der Waals surface area contributed by atoms with E-state index in [0.717, 1.165) is 17.1 Å². The molecule has 162 valence electrons. The summed E-state index contributed by atoms with van der Waals surface area (Å²) in [7, 11) is 0. The van der Waals surface area contributed by atoms with Crippen LogP contribution < -0.4 is 15.5 Å². The minimum Gasteiger partial charge on any atom is -0.378 e. The second-order valence-corrected chi connectivity index (χ2v) is 8.53. The first kappa shape index (κ1) is 21.4. The van der Waals surface area contributed by atoms with E-state index in [4.69, 9.17) is 4.74 Å². The van der Waals surface area contributed by atoms with Crippen molar-refractivity contribution in [3.05, 3.63) is 35.3 Å². The fourth-order valence-electron chi connectivity index (χ4n) is 2.75. The number of hydrogen-bond donors (Lipinski definition) is 2. The zero-order chi connectivity index (χ0) is 21.5. The van der Waals surface area contributed by atoms with Crippen molar-refractivity contribution in [2.75, 3.05) is 47.6 Å². The van der Waals surface area contributed by atoms with Gasteiger partial charge in [0, 0.05) is 18.8 Å². The van der Waals surface area contributed by atoms with E-state index in [9.17, 15) is 4.79 Å². The molecule has 12 heteroatoms. The number of carbonyl (C=O) groups excluding carboxylic acids is 1. The molecule has 1 amide bonds. The van der Waals surface area contributed by atoms with Crippen LogP contribution in [0.5, 0.6) is 0 Å². The summed E-state index contributed by atoms with van der Waals surface area (Å²) in [5.41, 5.74) is 0.873. The summed E-state index contributed by atoms with van der Waals surface area (Å²) in [5, 5.41) is 15.8. The monoisotopic (exact) mass is 458 g/mol. The van der Waals surface area contributed by atoms with E-state index in [1.165, 1.54) is 23.1 Å². The molecule has 0 bridgehead atoms. The van der Waals surface area contributed by atoms with Crippen LogP contribution in [-0.2, 0) is 16.0 Å². The maximum Gasteiger partial charge on any atom is 0.236 e. The standard InChI is InChI=1S/C19H22N8O2S2/c1-2-15-25-26-19(31-15)21-14(28)12-30-18-23-16(20-13-6-4-3-5-7-13)22-17(24-18)27-8-10-29-11-9-27/h3-7H,2,8-12H2,1H3,(H,21,26,28)(H,20,22,23,24). The molecule has 0 unspecified atom stereocenters. The van der Waals surface area contributed by atoms with Crippen LogP contribution >= 0.6 is 23.1 Å². The summed E-state index contributed by atoms with van der Waals surface area (Å²) in [5.74, 6) is 0.964. The zero-order valence-corrected chi connectivity index (χ0v) is 18.6. The fraction of sp³-hybridized carbons (Fsp3) is 0.368. The quantitative estimate of drug-likeness (QED) is 0.488. The molecule has 31 heavy (non-hydrogen) atoms. The van der Waals surface area contributed by atoms with Gasteiger partial charge in [0.05, 0.1) is 19.0 Å². The Balaban J connectivity index is 1.46. The van der Waals surface area contributed by atoms with E-state index in [2.05, 4.69) is 40.7 Å². The summed E-state index contributed by atoms with van der Waals surface area (Å²) in [4.78, 5) is 28.0. The van der Waals surface area contributed by atoms with Crippen molar-refractivity contribution in [2.24, 2.45) is 0 Å². The molecule has 0 radical (unpaired) electrons. The summed E-state index contributed by atoms with van der Waals surface area (Å²) < 4.78 is 5.43. The normalized spacial score (nSPS) is 13.8. The molecule has 1 aliphatic heterocycles. The average Bonchev–Trinajstić information content (AvgIpc) is 3.26. The molecule has 0 aliphatic carbocycles. The number of benzene rings is 1. The Kier molecular flexibility index (Phi) is 7.22. The number of nitrogens with zero attached hydrogens (tertiary/aromatic N) is 6. The first-order valence-electron chi connectivity index (χ1n) is 9.85. The van der Waals surface area contributed by atoms with Gasteiger partial charge >= 0.3 is 0 Å². The van der Waals surface area contributed by atoms with E-state index in [-0.39, 0.29) is 11.7 Å². The number of rotatable bonds is 8. The second kappa shape index (κ2) is 10.5. The molecule has 3 heterocycles. The lowest BCUT2D eigenvalue weighted by Crippen LogP contribution is -2.37. The SMILES string of the molecule is CCc1nnc(NC(=O)CSc2nc(Nc3ccccc3)nc(N3CCOCC3)n2)s1. The van der Waals surface area contributed by atoms with Crippen molar-refractivity contribution in [3.63, 3.8) is 0 Å². The number of hydrogen-bond acceptors (Lipinski definition) is 11. The van der Waals surface area contributed by atoms with E-state index in [1.54, 1.807) is 0 Å². The highest BCUT2D eigenvalue weighted by molar-refractivity contribution is 7.99. The molecule has 1 fully saturated rings. The van der Waals surface area contributed by atoms with Crippen molar-refractivity contribution in [1.29, 1.82) is 0 Å². The number of carbonyl (C=O) groups is 1. The molecule has 1 aromatic carbocycles. The fourth-order valence-corrected chi connectivity index (χ4v) is 4.08. The van der Waals surface area contributed by atoms with Crippen LogP contribution in [-0.4, -0.2) is 63.1 Å². The Morgan fingerprint density at radius 3 is 2.71 bits per heavy atom. The number of nitrogens with one attached hydrogen (secondary N) is 2. The Bertz CT molecular complexity index is 1010. The molecule has 3 aromatic rings. The maximum absolute atomic E-state index is 12.3. The summed E-state index contributed by atoms with van der Waals surface area (Å²) in [6.45, 7) is 4.65. The molecule has 4 rings (SSSR count). The third-order valence-electron chi connectivity index (χ3n) is 4.27. The zero-order valence-electron chi connectivity index (χ0n) is 16.9. The molecule has 1 saturated heterocycles. The van der Waals surface area contributed by atoms with Gasteiger partial charge in [0.15, 0.2) is 5.16 Å². The van der Waals surface area contributed by atoms with Gasteiger partial charge in [-0.25, -0.2) is 0 Å². The van der Waals surface area contributed by atoms with E-state index < -0.39 is 0 Å². The molecule has 2 aromatic heterocycles. The highest BCUT2D eigenvalue weighted by atomic mass is 32.2. The highest BCUT2D eigenvalue weighted by Gasteiger charge is 2.18. The predicted octanol–water partition coefficient (Wildman–Crippen LogP) is 2.60. The van der Waals surface area contributed by atoms with Crippen molar-refractivity contribution < 1.29 is 9.53 Å². The number of thioether (sulfide) groups is 1. The number of ether oxygens (including phenoxy) is 1. The van der Waals surface area contributed by atoms with Gasteiger partial charge < -0.3 is 15.0 Å². The molecule has 0 atom stereocenters. The van der Waals surface area contributed by atoms with Crippen molar-refractivity contribution in [3.8, 4) is 0 Å². The van der Waals surface area contributed by atoms with Crippen molar-refractivity contribution in [2.45, 2.75) is 18.5 Å². The molecular weight excluding hydrogens is 436 g/mol.